The first kappa shape index (κ1) is 16.1. The summed E-state index contributed by atoms with van der Waals surface area (Å²) in [7, 11) is -3.50. The van der Waals surface area contributed by atoms with Gasteiger partial charge in [-0.3, -0.25) is 0 Å². The monoisotopic (exact) mass is 325 g/mol. The second kappa shape index (κ2) is 7.13. The van der Waals surface area contributed by atoms with Gasteiger partial charge < -0.3 is 5.73 Å². The van der Waals surface area contributed by atoms with Crippen LogP contribution in [0.3, 0.4) is 0 Å². The van der Waals surface area contributed by atoms with E-state index in [-0.39, 0.29) is 4.90 Å². The molecule has 3 N–H and O–H groups in total. The molecule has 21 heavy (non-hydrogen) atoms. The van der Waals surface area contributed by atoms with E-state index in [9.17, 15) is 8.42 Å². The maximum absolute atomic E-state index is 12.3. The molecule has 114 valence electrons. The Morgan fingerprint density at radius 1 is 1.33 bits per heavy atom. The van der Waals surface area contributed by atoms with Gasteiger partial charge in [-0.2, -0.15) is 0 Å². The van der Waals surface area contributed by atoms with E-state index < -0.39 is 10.0 Å². The van der Waals surface area contributed by atoms with Crippen LogP contribution >= 0.6 is 11.3 Å². The van der Waals surface area contributed by atoms with Gasteiger partial charge >= 0.3 is 0 Å². The zero-order valence-corrected chi connectivity index (χ0v) is 13.5. The van der Waals surface area contributed by atoms with E-state index >= 15 is 0 Å². The Morgan fingerprint density at radius 2 is 2.14 bits per heavy atom. The van der Waals surface area contributed by atoms with E-state index in [0.29, 0.717) is 19.5 Å². The molecule has 2 rings (SSSR count). The van der Waals surface area contributed by atoms with Gasteiger partial charge in [0.15, 0.2) is 0 Å². The third kappa shape index (κ3) is 4.10. The average molecular weight is 325 g/mol. The Balaban J connectivity index is 2.08. The predicted octanol–water partition coefficient (Wildman–Crippen LogP) is 1.69. The number of aryl methyl sites for hydroxylation is 1. The molecule has 1 aromatic heterocycles. The molecule has 2 aromatic rings. The summed E-state index contributed by atoms with van der Waals surface area (Å²) in [5.41, 5.74) is 10.3. The summed E-state index contributed by atoms with van der Waals surface area (Å²) in [5, 5.41) is 1.91. The van der Waals surface area contributed by atoms with Gasteiger partial charge in [-0.05, 0) is 29.7 Å². The Bertz CT molecular complexity index is 682. The number of benzene rings is 1. The molecule has 0 atom stereocenters. The molecular formula is C14H19N3O2S2. The van der Waals surface area contributed by atoms with Gasteiger partial charge in [0.25, 0.3) is 0 Å². The third-order valence-corrected chi connectivity index (χ3v) is 5.34. The van der Waals surface area contributed by atoms with E-state index in [4.69, 9.17) is 5.73 Å². The molecule has 0 unspecified atom stereocenters. The molecule has 0 aliphatic rings. The number of nitrogens with two attached hydrogens (primary N) is 1. The van der Waals surface area contributed by atoms with E-state index in [1.165, 1.54) is 11.3 Å². The SMILES string of the molecule is CCc1ccc(S(=O)(=O)NCCc2cscn2)cc1CN. The van der Waals surface area contributed by atoms with Crippen LogP contribution in [0, 0.1) is 0 Å². The van der Waals surface area contributed by atoms with Crippen molar-refractivity contribution in [2.45, 2.75) is 31.2 Å². The normalized spacial score (nSPS) is 11.7. The fourth-order valence-corrected chi connectivity index (χ4v) is 3.74. The topological polar surface area (TPSA) is 85.1 Å². The molecule has 0 amide bonds. The third-order valence-electron chi connectivity index (χ3n) is 3.25. The summed E-state index contributed by atoms with van der Waals surface area (Å²) >= 11 is 1.50. The molecule has 1 heterocycles. The highest BCUT2D eigenvalue weighted by atomic mass is 32.2. The smallest absolute Gasteiger partial charge is 0.240 e. The molecule has 0 saturated carbocycles. The first-order valence-corrected chi connectivity index (χ1v) is 9.18. The average Bonchev–Trinajstić information content (AvgIpc) is 2.99. The quantitative estimate of drug-likeness (QED) is 0.811. The number of hydrogen-bond donors (Lipinski definition) is 2. The second-order valence-corrected chi connectivity index (χ2v) is 7.10. The lowest BCUT2D eigenvalue weighted by molar-refractivity contribution is 0.581. The van der Waals surface area contributed by atoms with Gasteiger partial charge in [0.2, 0.25) is 10.0 Å². The van der Waals surface area contributed by atoms with Crippen molar-refractivity contribution in [3.8, 4) is 0 Å². The zero-order valence-electron chi connectivity index (χ0n) is 11.9. The zero-order chi connectivity index (χ0) is 15.3. The highest BCUT2D eigenvalue weighted by Crippen LogP contribution is 2.16. The van der Waals surface area contributed by atoms with Crippen LogP contribution in [0.1, 0.15) is 23.7 Å². The Hall–Kier alpha value is -1.28. The highest BCUT2D eigenvalue weighted by Gasteiger charge is 2.15. The van der Waals surface area contributed by atoms with Gasteiger partial charge in [0, 0.05) is 24.9 Å². The number of hydrogen-bond acceptors (Lipinski definition) is 5. The summed E-state index contributed by atoms with van der Waals surface area (Å²) in [5.74, 6) is 0. The molecule has 0 radical (unpaired) electrons. The summed E-state index contributed by atoms with van der Waals surface area (Å²) in [6, 6.07) is 5.12. The van der Waals surface area contributed by atoms with Crippen LogP contribution in [0.4, 0.5) is 0 Å². The minimum absolute atomic E-state index is 0.262. The van der Waals surface area contributed by atoms with Gasteiger partial charge in [0.1, 0.15) is 0 Å². The number of thiazole rings is 1. The molecule has 0 aliphatic carbocycles. The number of sulfonamides is 1. The Kier molecular flexibility index (Phi) is 5.46. The highest BCUT2D eigenvalue weighted by molar-refractivity contribution is 7.89. The number of nitrogens with zero attached hydrogens (tertiary/aromatic N) is 1. The van der Waals surface area contributed by atoms with Crippen LogP contribution in [-0.2, 0) is 29.4 Å². The van der Waals surface area contributed by atoms with Gasteiger partial charge in [0.05, 0.1) is 16.1 Å². The number of nitrogens with one attached hydrogen (secondary N) is 1. The van der Waals surface area contributed by atoms with Crippen molar-refractivity contribution < 1.29 is 8.42 Å². The van der Waals surface area contributed by atoms with Crippen LogP contribution in [-0.4, -0.2) is 19.9 Å². The lowest BCUT2D eigenvalue weighted by Gasteiger charge is -2.10. The van der Waals surface area contributed by atoms with Crippen molar-refractivity contribution in [3.05, 3.63) is 45.9 Å². The van der Waals surface area contributed by atoms with Crippen LogP contribution < -0.4 is 10.5 Å². The maximum Gasteiger partial charge on any atom is 0.240 e. The largest absolute Gasteiger partial charge is 0.326 e. The Morgan fingerprint density at radius 3 is 2.76 bits per heavy atom. The van der Waals surface area contributed by atoms with Crippen molar-refractivity contribution in [3.63, 3.8) is 0 Å². The van der Waals surface area contributed by atoms with E-state index in [2.05, 4.69) is 9.71 Å². The lowest BCUT2D eigenvalue weighted by atomic mass is 10.1. The number of rotatable bonds is 7. The maximum atomic E-state index is 12.3. The van der Waals surface area contributed by atoms with Crippen molar-refractivity contribution >= 4 is 21.4 Å². The molecule has 1 aromatic carbocycles. The van der Waals surface area contributed by atoms with E-state index in [1.54, 1.807) is 17.6 Å². The molecular weight excluding hydrogens is 306 g/mol. The van der Waals surface area contributed by atoms with Crippen molar-refractivity contribution in [1.29, 1.82) is 0 Å². The van der Waals surface area contributed by atoms with Crippen molar-refractivity contribution in [2.75, 3.05) is 6.54 Å². The van der Waals surface area contributed by atoms with Crippen LogP contribution in [0.5, 0.6) is 0 Å². The summed E-state index contributed by atoms with van der Waals surface area (Å²) in [6.07, 6.45) is 1.42. The van der Waals surface area contributed by atoms with Crippen LogP contribution in [0.15, 0.2) is 34.0 Å². The molecule has 5 nitrogen and oxygen atoms in total. The standard InChI is InChI=1S/C14H19N3O2S2/c1-2-11-3-4-14(7-12(11)8-15)21(18,19)17-6-5-13-9-20-10-16-13/h3-4,7,9-10,17H,2,5-6,8,15H2,1H3. The molecule has 0 aliphatic heterocycles. The first-order valence-electron chi connectivity index (χ1n) is 6.75. The predicted molar refractivity (Wildman–Crippen MR) is 84.7 cm³/mol. The van der Waals surface area contributed by atoms with Crippen molar-refractivity contribution in [1.82, 2.24) is 9.71 Å². The molecule has 0 bridgehead atoms. The second-order valence-electron chi connectivity index (χ2n) is 4.62. The fraction of sp³-hybridized carbons (Fsp3) is 0.357. The van der Waals surface area contributed by atoms with Crippen molar-refractivity contribution in [2.24, 2.45) is 5.73 Å². The lowest BCUT2D eigenvalue weighted by Crippen LogP contribution is -2.26. The minimum atomic E-state index is -3.50. The number of aromatic nitrogens is 1. The summed E-state index contributed by atoms with van der Waals surface area (Å²) in [4.78, 5) is 4.39. The molecule has 0 spiro atoms. The van der Waals surface area contributed by atoms with E-state index in [1.807, 2.05) is 18.4 Å². The molecule has 0 saturated heterocycles. The summed E-state index contributed by atoms with van der Waals surface area (Å²) in [6.45, 7) is 2.69. The van der Waals surface area contributed by atoms with Crippen LogP contribution in [0.25, 0.3) is 0 Å². The van der Waals surface area contributed by atoms with Gasteiger partial charge in [-0.15, -0.1) is 11.3 Å². The fourth-order valence-electron chi connectivity index (χ4n) is 2.06. The van der Waals surface area contributed by atoms with Gasteiger partial charge in [-0.25, -0.2) is 18.1 Å². The Labute approximate surface area is 129 Å². The van der Waals surface area contributed by atoms with Gasteiger partial charge in [-0.1, -0.05) is 13.0 Å². The van der Waals surface area contributed by atoms with E-state index in [0.717, 1.165) is 23.2 Å². The first-order chi connectivity index (χ1) is 10.1. The van der Waals surface area contributed by atoms with Crippen LogP contribution in [0.2, 0.25) is 0 Å². The molecule has 7 heteroatoms. The molecule has 0 fully saturated rings. The minimum Gasteiger partial charge on any atom is -0.326 e. The summed E-state index contributed by atoms with van der Waals surface area (Å²) < 4.78 is 27.1.